The molecule has 2 aromatic rings. The van der Waals surface area contributed by atoms with Crippen LogP contribution in [0.5, 0.6) is 11.5 Å². The van der Waals surface area contributed by atoms with Gasteiger partial charge in [0.1, 0.15) is 12.3 Å². The highest BCUT2D eigenvalue weighted by Gasteiger charge is 2.27. The Morgan fingerprint density at radius 2 is 2.12 bits per heavy atom. The molecule has 8 heteroatoms. The van der Waals surface area contributed by atoms with Gasteiger partial charge in [0.05, 0.1) is 32.2 Å². The molecule has 0 radical (unpaired) electrons. The third-order valence-electron chi connectivity index (χ3n) is 4.04. The molecule has 26 heavy (non-hydrogen) atoms. The molecule has 0 fully saturated rings. The van der Waals surface area contributed by atoms with E-state index in [1.54, 1.807) is 22.8 Å². The van der Waals surface area contributed by atoms with Crippen molar-refractivity contribution in [1.82, 2.24) is 14.7 Å². The second-order valence-corrected chi connectivity index (χ2v) is 7.16. The Balaban J connectivity index is 1.73. The molecule has 2 heterocycles. The molecule has 0 saturated carbocycles. The van der Waals surface area contributed by atoms with Crippen LogP contribution in [0.3, 0.4) is 0 Å². The molecule has 1 N–H and O–H groups in total. The number of carbonyl (C=O) groups excluding carboxylic acids is 1. The van der Waals surface area contributed by atoms with Crippen molar-refractivity contribution in [2.24, 2.45) is 7.05 Å². The summed E-state index contributed by atoms with van der Waals surface area (Å²) in [5.41, 5.74) is 0.674. The Labute approximate surface area is 158 Å². The molecular weight excluding hydrogens is 356 g/mol. The fraction of sp³-hybridized carbons (Fsp3) is 0.444. The molecule has 0 unspecified atom stereocenters. The van der Waals surface area contributed by atoms with Crippen molar-refractivity contribution in [2.75, 3.05) is 33.8 Å². The fourth-order valence-electron chi connectivity index (χ4n) is 2.86. The van der Waals surface area contributed by atoms with E-state index in [1.807, 2.05) is 38.4 Å². The molecule has 0 spiro atoms. The first-order valence-electron chi connectivity index (χ1n) is 8.55. The number of aromatic nitrogens is 2. The topological polar surface area (TPSA) is 61.0 Å². The van der Waals surface area contributed by atoms with E-state index in [1.165, 1.54) is 0 Å². The van der Waals surface area contributed by atoms with E-state index in [-0.39, 0.29) is 12.0 Å². The van der Waals surface area contributed by atoms with Crippen molar-refractivity contribution in [2.45, 2.75) is 12.6 Å². The van der Waals surface area contributed by atoms with Crippen LogP contribution in [0.25, 0.3) is 0 Å². The summed E-state index contributed by atoms with van der Waals surface area (Å²) in [5.74, 6) is 1.45. The number of amides is 1. The van der Waals surface area contributed by atoms with Crippen LogP contribution in [-0.2, 0) is 18.4 Å². The van der Waals surface area contributed by atoms with Crippen LogP contribution >= 0.6 is 11.6 Å². The molecule has 0 aliphatic carbocycles. The first-order valence-corrected chi connectivity index (χ1v) is 8.93. The zero-order valence-electron chi connectivity index (χ0n) is 15.2. The van der Waals surface area contributed by atoms with Gasteiger partial charge in [-0.25, -0.2) is 0 Å². The molecule has 0 saturated heterocycles. The number of aryl methyl sites for hydroxylation is 1. The number of benzene rings is 1. The minimum Gasteiger partial charge on any atom is -0.486 e. The van der Waals surface area contributed by atoms with E-state index in [0.29, 0.717) is 42.7 Å². The first kappa shape index (κ1) is 18.5. The Morgan fingerprint density at radius 3 is 2.77 bits per heavy atom. The number of hydrogen-bond donors (Lipinski definition) is 1. The Bertz CT molecular complexity index is 778. The van der Waals surface area contributed by atoms with Crippen molar-refractivity contribution >= 4 is 17.5 Å². The molecule has 3 rings (SSSR count). The SMILES string of the molecule is Cn1cc(Cl)c(CN(C[C@@H]2COc3ccccc3O2)C(=O)C[NH+](C)C)n1. The molecule has 1 amide bonds. The normalized spacial score (nSPS) is 16.0. The van der Waals surface area contributed by atoms with Gasteiger partial charge in [-0.15, -0.1) is 0 Å². The monoisotopic (exact) mass is 379 g/mol. The van der Waals surface area contributed by atoms with Crippen LogP contribution < -0.4 is 14.4 Å². The van der Waals surface area contributed by atoms with Gasteiger partial charge < -0.3 is 19.3 Å². The highest BCUT2D eigenvalue weighted by atomic mass is 35.5. The van der Waals surface area contributed by atoms with Crippen molar-refractivity contribution < 1.29 is 19.2 Å². The lowest BCUT2D eigenvalue weighted by molar-refractivity contribution is -0.849. The summed E-state index contributed by atoms with van der Waals surface area (Å²) < 4.78 is 13.4. The summed E-state index contributed by atoms with van der Waals surface area (Å²) in [7, 11) is 5.70. The summed E-state index contributed by atoms with van der Waals surface area (Å²) in [6.07, 6.45) is 1.49. The predicted molar refractivity (Wildman–Crippen MR) is 97.7 cm³/mol. The molecule has 140 valence electrons. The number of carbonyl (C=O) groups is 1. The third-order valence-corrected chi connectivity index (χ3v) is 4.36. The quantitative estimate of drug-likeness (QED) is 0.788. The minimum atomic E-state index is -0.242. The van der Waals surface area contributed by atoms with Crippen LogP contribution in [0.1, 0.15) is 5.69 Å². The number of para-hydroxylation sites is 2. The van der Waals surface area contributed by atoms with E-state index in [0.717, 1.165) is 10.6 Å². The van der Waals surface area contributed by atoms with Gasteiger partial charge in [0.2, 0.25) is 0 Å². The van der Waals surface area contributed by atoms with E-state index < -0.39 is 0 Å². The van der Waals surface area contributed by atoms with E-state index in [4.69, 9.17) is 21.1 Å². The lowest BCUT2D eigenvalue weighted by atomic mass is 10.2. The maximum atomic E-state index is 12.7. The molecule has 1 aliphatic heterocycles. The van der Waals surface area contributed by atoms with Gasteiger partial charge in [0.15, 0.2) is 24.1 Å². The second-order valence-electron chi connectivity index (χ2n) is 6.75. The Morgan fingerprint density at radius 1 is 1.38 bits per heavy atom. The summed E-state index contributed by atoms with van der Waals surface area (Å²) in [4.78, 5) is 15.5. The number of fused-ring (bicyclic) bond motifs is 1. The average Bonchev–Trinajstić information content (AvgIpc) is 2.91. The number of likely N-dealkylation sites (N-methyl/N-ethyl adjacent to an activating group) is 1. The highest BCUT2D eigenvalue weighted by Crippen LogP contribution is 2.31. The Kier molecular flexibility index (Phi) is 5.68. The predicted octanol–water partition coefficient (Wildman–Crippen LogP) is 0.387. The number of rotatable bonds is 6. The second kappa shape index (κ2) is 7.97. The first-order chi connectivity index (χ1) is 12.4. The summed E-state index contributed by atoms with van der Waals surface area (Å²) in [6.45, 7) is 1.53. The number of halogens is 1. The summed E-state index contributed by atoms with van der Waals surface area (Å²) in [6, 6.07) is 7.54. The number of nitrogens with one attached hydrogen (secondary N) is 1. The Hall–Kier alpha value is -2.25. The maximum absolute atomic E-state index is 12.7. The van der Waals surface area contributed by atoms with E-state index >= 15 is 0 Å². The van der Waals surface area contributed by atoms with Gasteiger partial charge in [-0.1, -0.05) is 23.7 Å². The minimum absolute atomic E-state index is 0.0224. The average molecular weight is 380 g/mol. The summed E-state index contributed by atoms with van der Waals surface area (Å²) >= 11 is 6.23. The lowest BCUT2D eigenvalue weighted by Gasteiger charge is -2.31. The van der Waals surface area contributed by atoms with Crippen LogP contribution in [0.4, 0.5) is 0 Å². The molecule has 1 aliphatic rings. The van der Waals surface area contributed by atoms with E-state index in [2.05, 4.69) is 5.10 Å². The number of nitrogens with zero attached hydrogens (tertiary/aromatic N) is 3. The number of ether oxygens (including phenoxy) is 2. The standard InChI is InChI=1S/C18H23ClN4O3/c1-21(2)11-18(24)23(10-15-14(19)9-22(3)20-15)8-13-12-25-16-6-4-5-7-17(16)26-13/h4-7,9,13H,8,10-12H2,1-3H3/p+1/t13-/m1/s1. The van der Waals surface area contributed by atoms with Crippen molar-refractivity contribution in [3.63, 3.8) is 0 Å². The van der Waals surface area contributed by atoms with Crippen molar-refractivity contribution in [3.8, 4) is 11.5 Å². The van der Waals surface area contributed by atoms with Gasteiger partial charge in [-0.2, -0.15) is 5.10 Å². The smallest absolute Gasteiger partial charge is 0.278 e. The zero-order chi connectivity index (χ0) is 18.7. The molecule has 1 aromatic heterocycles. The largest absolute Gasteiger partial charge is 0.486 e. The van der Waals surface area contributed by atoms with Gasteiger partial charge in [0, 0.05) is 13.2 Å². The van der Waals surface area contributed by atoms with Crippen LogP contribution in [0.15, 0.2) is 30.5 Å². The highest BCUT2D eigenvalue weighted by molar-refractivity contribution is 6.31. The molecule has 1 atom stereocenters. The molecule has 1 aromatic carbocycles. The van der Waals surface area contributed by atoms with Crippen LogP contribution in [0.2, 0.25) is 5.02 Å². The van der Waals surface area contributed by atoms with Gasteiger partial charge in [-0.3, -0.25) is 9.48 Å². The zero-order valence-corrected chi connectivity index (χ0v) is 16.0. The molecule has 0 bridgehead atoms. The number of hydrogen-bond acceptors (Lipinski definition) is 4. The molecular formula is C18H24ClN4O3+. The van der Waals surface area contributed by atoms with Crippen LogP contribution in [0, 0.1) is 0 Å². The third kappa shape index (κ3) is 4.47. The van der Waals surface area contributed by atoms with Gasteiger partial charge >= 0.3 is 0 Å². The summed E-state index contributed by atoms with van der Waals surface area (Å²) in [5, 5.41) is 4.90. The molecule has 7 nitrogen and oxygen atoms in total. The van der Waals surface area contributed by atoms with Gasteiger partial charge in [0.25, 0.3) is 5.91 Å². The van der Waals surface area contributed by atoms with Crippen molar-refractivity contribution in [1.29, 1.82) is 0 Å². The van der Waals surface area contributed by atoms with Gasteiger partial charge in [-0.05, 0) is 12.1 Å². The van der Waals surface area contributed by atoms with E-state index in [9.17, 15) is 4.79 Å². The number of quaternary nitrogens is 1. The van der Waals surface area contributed by atoms with Crippen molar-refractivity contribution in [3.05, 3.63) is 41.2 Å². The fourth-order valence-corrected chi connectivity index (χ4v) is 3.10. The lowest BCUT2D eigenvalue weighted by Crippen LogP contribution is -3.07. The maximum Gasteiger partial charge on any atom is 0.278 e. The van der Waals surface area contributed by atoms with Crippen LogP contribution in [-0.4, -0.2) is 60.5 Å².